The van der Waals surface area contributed by atoms with Crippen LogP contribution in [0.4, 0.5) is 5.88 Å². The molecule has 1 N–H and O–H groups in total. The van der Waals surface area contributed by atoms with Gasteiger partial charge in [0.15, 0.2) is 5.88 Å². The second-order valence-electron chi connectivity index (χ2n) is 5.55. The van der Waals surface area contributed by atoms with E-state index in [9.17, 15) is 4.79 Å². The van der Waals surface area contributed by atoms with Gasteiger partial charge < -0.3 is 14.1 Å². The second kappa shape index (κ2) is 9.29. The molecule has 1 aliphatic rings. The van der Waals surface area contributed by atoms with Gasteiger partial charge in [0.05, 0.1) is 25.2 Å². The first-order chi connectivity index (χ1) is 12.3. The van der Waals surface area contributed by atoms with Gasteiger partial charge in [0.1, 0.15) is 5.76 Å². The van der Waals surface area contributed by atoms with Gasteiger partial charge in [0.2, 0.25) is 5.91 Å². The predicted molar refractivity (Wildman–Crippen MR) is 100 cm³/mol. The Balaban J connectivity index is 1.39. The molecule has 2 heterocycles. The highest BCUT2D eigenvalue weighted by Gasteiger charge is 2.14. The molecule has 2 aromatic rings. The van der Waals surface area contributed by atoms with Crippen molar-refractivity contribution in [1.82, 2.24) is 5.43 Å². The third-order valence-corrected chi connectivity index (χ3v) is 4.66. The molecule has 0 unspecified atom stereocenters. The predicted octanol–water partition coefficient (Wildman–Crippen LogP) is 2.50. The molecule has 7 heteroatoms. The van der Waals surface area contributed by atoms with Gasteiger partial charge in [-0.1, -0.05) is 30.3 Å². The van der Waals surface area contributed by atoms with Crippen LogP contribution >= 0.6 is 11.8 Å². The van der Waals surface area contributed by atoms with Crippen molar-refractivity contribution in [2.75, 3.05) is 37.0 Å². The smallest absolute Gasteiger partial charge is 0.250 e. The lowest BCUT2D eigenvalue weighted by molar-refractivity contribution is -0.118. The molecule has 0 spiro atoms. The number of hydrazone groups is 1. The van der Waals surface area contributed by atoms with Gasteiger partial charge in [-0.25, -0.2) is 5.43 Å². The van der Waals surface area contributed by atoms with Crippen LogP contribution in [0.5, 0.6) is 0 Å². The lowest BCUT2D eigenvalue weighted by Crippen LogP contribution is -2.35. The highest BCUT2D eigenvalue weighted by Crippen LogP contribution is 2.18. The van der Waals surface area contributed by atoms with Gasteiger partial charge in [0.25, 0.3) is 0 Å². The average molecular weight is 359 g/mol. The molecule has 6 nitrogen and oxygen atoms in total. The van der Waals surface area contributed by atoms with Gasteiger partial charge in [-0.05, 0) is 11.6 Å². The number of anilines is 1. The highest BCUT2D eigenvalue weighted by atomic mass is 32.2. The molecule has 1 aromatic carbocycles. The third kappa shape index (κ3) is 5.65. The molecule has 0 saturated carbocycles. The standard InChI is InChI=1S/C18H21N3O3S/c22-17(14-25-13-15-4-2-1-3-5-15)20-19-12-16-6-7-18(24-16)21-8-10-23-11-9-21/h1-7,12H,8-11,13-14H2,(H,20,22)/b19-12-. The molecule has 132 valence electrons. The molecule has 25 heavy (non-hydrogen) atoms. The highest BCUT2D eigenvalue weighted by molar-refractivity contribution is 7.99. The largest absolute Gasteiger partial charge is 0.440 e. The Morgan fingerprint density at radius 2 is 2.00 bits per heavy atom. The molecule has 1 fully saturated rings. The Hall–Kier alpha value is -2.25. The SMILES string of the molecule is O=C(CSCc1ccccc1)N/N=C\c1ccc(N2CCOCC2)o1. The van der Waals surface area contributed by atoms with E-state index in [0.29, 0.717) is 24.7 Å². The number of carbonyl (C=O) groups is 1. The molecule has 1 aliphatic heterocycles. The molecule has 1 amide bonds. The van der Waals surface area contributed by atoms with E-state index in [1.54, 1.807) is 11.8 Å². The Morgan fingerprint density at radius 3 is 2.80 bits per heavy atom. The summed E-state index contributed by atoms with van der Waals surface area (Å²) in [4.78, 5) is 13.9. The summed E-state index contributed by atoms with van der Waals surface area (Å²) in [5, 5.41) is 3.95. The van der Waals surface area contributed by atoms with Crippen LogP contribution in [0.1, 0.15) is 11.3 Å². The minimum absolute atomic E-state index is 0.128. The van der Waals surface area contributed by atoms with Crippen molar-refractivity contribution in [2.45, 2.75) is 5.75 Å². The number of carbonyl (C=O) groups excluding carboxylic acids is 1. The molecule has 0 bridgehead atoms. The normalized spacial score (nSPS) is 14.8. The van der Waals surface area contributed by atoms with Crippen molar-refractivity contribution in [3.63, 3.8) is 0 Å². The molecular formula is C18H21N3O3S. The van der Waals surface area contributed by atoms with E-state index in [2.05, 4.69) is 15.4 Å². The fraction of sp³-hybridized carbons (Fsp3) is 0.333. The molecular weight excluding hydrogens is 338 g/mol. The molecule has 3 rings (SSSR count). The van der Waals surface area contributed by atoms with E-state index in [4.69, 9.17) is 9.15 Å². The third-order valence-electron chi connectivity index (χ3n) is 3.66. The molecule has 1 saturated heterocycles. The molecule has 1 aromatic heterocycles. The summed E-state index contributed by atoms with van der Waals surface area (Å²) in [7, 11) is 0. The Kier molecular flexibility index (Phi) is 6.53. The van der Waals surface area contributed by atoms with Crippen LogP contribution in [0.25, 0.3) is 0 Å². The number of furan rings is 1. The maximum absolute atomic E-state index is 11.8. The van der Waals surface area contributed by atoms with Gasteiger partial charge in [-0.3, -0.25) is 4.79 Å². The van der Waals surface area contributed by atoms with Crippen LogP contribution in [-0.2, 0) is 15.3 Å². The van der Waals surface area contributed by atoms with E-state index >= 15 is 0 Å². The summed E-state index contributed by atoms with van der Waals surface area (Å²) >= 11 is 1.56. The Bertz CT molecular complexity index is 697. The number of nitrogens with zero attached hydrogens (tertiary/aromatic N) is 2. The number of ether oxygens (including phenoxy) is 1. The van der Waals surface area contributed by atoms with Gasteiger partial charge in [-0.2, -0.15) is 5.10 Å². The van der Waals surface area contributed by atoms with Crippen molar-refractivity contribution in [1.29, 1.82) is 0 Å². The minimum Gasteiger partial charge on any atom is -0.440 e. The number of hydrogen-bond acceptors (Lipinski definition) is 6. The number of amides is 1. The van der Waals surface area contributed by atoms with Crippen LogP contribution in [0.2, 0.25) is 0 Å². The Morgan fingerprint density at radius 1 is 1.20 bits per heavy atom. The number of hydrogen-bond donors (Lipinski definition) is 1. The Labute approximate surface area is 151 Å². The first-order valence-electron chi connectivity index (χ1n) is 8.17. The van der Waals surface area contributed by atoms with Crippen molar-refractivity contribution in [3.8, 4) is 0 Å². The van der Waals surface area contributed by atoms with Crippen LogP contribution in [0.3, 0.4) is 0 Å². The zero-order valence-electron chi connectivity index (χ0n) is 13.9. The van der Waals surface area contributed by atoms with E-state index < -0.39 is 0 Å². The zero-order valence-corrected chi connectivity index (χ0v) is 14.7. The van der Waals surface area contributed by atoms with E-state index in [1.807, 2.05) is 42.5 Å². The fourth-order valence-corrected chi connectivity index (χ4v) is 3.18. The van der Waals surface area contributed by atoms with E-state index in [-0.39, 0.29) is 5.91 Å². The van der Waals surface area contributed by atoms with E-state index in [0.717, 1.165) is 24.7 Å². The first kappa shape index (κ1) is 17.6. The number of rotatable bonds is 7. The van der Waals surface area contributed by atoms with Crippen LogP contribution in [0, 0.1) is 0 Å². The first-order valence-corrected chi connectivity index (χ1v) is 9.33. The lowest BCUT2D eigenvalue weighted by atomic mass is 10.2. The van der Waals surface area contributed by atoms with Crippen molar-refractivity contribution in [3.05, 3.63) is 53.8 Å². The number of morpholine rings is 1. The molecule has 0 atom stereocenters. The topological polar surface area (TPSA) is 67.1 Å². The maximum Gasteiger partial charge on any atom is 0.250 e. The summed E-state index contributed by atoms with van der Waals surface area (Å²) < 4.78 is 11.0. The van der Waals surface area contributed by atoms with Crippen molar-refractivity contribution < 1.29 is 13.9 Å². The van der Waals surface area contributed by atoms with E-state index in [1.165, 1.54) is 11.8 Å². The summed E-state index contributed by atoms with van der Waals surface area (Å²) in [6, 6.07) is 13.8. The van der Waals surface area contributed by atoms with Gasteiger partial charge >= 0.3 is 0 Å². The number of benzene rings is 1. The van der Waals surface area contributed by atoms with Gasteiger partial charge in [0, 0.05) is 24.9 Å². The quantitative estimate of drug-likeness (QED) is 0.608. The number of thioether (sulfide) groups is 1. The minimum atomic E-state index is -0.128. The van der Waals surface area contributed by atoms with Crippen molar-refractivity contribution >= 4 is 29.8 Å². The van der Waals surface area contributed by atoms with Crippen LogP contribution in [0.15, 0.2) is 52.0 Å². The monoisotopic (exact) mass is 359 g/mol. The second-order valence-corrected chi connectivity index (χ2v) is 6.53. The fourth-order valence-electron chi connectivity index (χ4n) is 2.40. The average Bonchev–Trinajstić information content (AvgIpc) is 3.12. The molecule has 0 radical (unpaired) electrons. The summed E-state index contributed by atoms with van der Waals surface area (Å²) in [5.74, 6) is 2.45. The lowest BCUT2D eigenvalue weighted by Gasteiger charge is -2.26. The van der Waals surface area contributed by atoms with Crippen LogP contribution in [-0.4, -0.2) is 44.2 Å². The van der Waals surface area contributed by atoms with Crippen molar-refractivity contribution in [2.24, 2.45) is 5.10 Å². The maximum atomic E-state index is 11.8. The summed E-state index contributed by atoms with van der Waals surface area (Å²) in [6.45, 7) is 3.06. The zero-order chi connectivity index (χ0) is 17.3. The summed E-state index contributed by atoms with van der Waals surface area (Å²) in [5.41, 5.74) is 3.73. The molecule has 0 aliphatic carbocycles. The van der Waals surface area contributed by atoms with Crippen LogP contribution < -0.4 is 10.3 Å². The summed E-state index contributed by atoms with van der Waals surface area (Å²) in [6.07, 6.45) is 1.52. The number of nitrogens with one attached hydrogen (secondary N) is 1. The van der Waals surface area contributed by atoms with Gasteiger partial charge in [-0.15, -0.1) is 11.8 Å².